The summed E-state index contributed by atoms with van der Waals surface area (Å²) in [5.74, 6) is -2.45. The first-order valence-corrected chi connectivity index (χ1v) is 7.96. The van der Waals surface area contributed by atoms with Crippen LogP contribution in [0.5, 0.6) is 0 Å². The average molecular weight is 352 g/mol. The first kappa shape index (κ1) is 15.8. The molecule has 0 atom stereocenters. The van der Waals surface area contributed by atoms with Crippen molar-refractivity contribution in [3.63, 3.8) is 0 Å². The van der Waals surface area contributed by atoms with E-state index in [0.29, 0.717) is 27.1 Å². The molecule has 0 aliphatic heterocycles. The molecule has 0 saturated heterocycles. The molecule has 0 bridgehead atoms. The van der Waals surface area contributed by atoms with Crippen LogP contribution < -0.4 is 5.32 Å². The average Bonchev–Trinajstić information content (AvgIpc) is 2.92. The topological polar surface area (TPSA) is 37.8 Å². The van der Waals surface area contributed by atoms with Crippen molar-refractivity contribution >= 4 is 33.8 Å². The van der Waals surface area contributed by atoms with E-state index < -0.39 is 5.92 Å². The van der Waals surface area contributed by atoms with Gasteiger partial charge in [-0.15, -0.1) is 0 Å². The summed E-state index contributed by atoms with van der Waals surface area (Å²) in [6, 6.07) is 12.3. The van der Waals surface area contributed by atoms with Gasteiger partial charge < -0.3 is 5.32 Å². The van der Waals surface area contributed by atoms with Crippen LogP contribution in [0.15, 0.2) is 48.7 Å². The summed E-state index contributed by atoms with van der Waals surface area (Å²) in [6.45, 7) is 0.831. The standard InChI is InChI=1S/C16H12ClF2N3S/c1-16(18,19)15-22-13(10-5-4-6-11(17)9-10)14(23-15)21-12-7-2-3-8-20-12/h2-9H,1H3,(H,20,21). The van der Waals surface area contributed by atoms with E-state index in [-0.39, 0.29) is 5.01 Å². The smallest absolute Gasteiger partial charge is 0.296 e. The lowest BCUT2D eigenvalue weighted by atomic mass is 10.1. The molecule has 2 aromatic heterocycles. The normalized spacial score (nSPS) is 11.5. The maximum absolute atomic E-state index is 13.7. The molecule has 1 aromatic carbocycles. The second-order valence-electron chi connectivity index (χ2n) is 4.94. The highest BCUT2D eigenvalue weighted by atomic mass is 35.5. The molecule has 0 saturated carbocycles. The summed E-state index contributed by atoms with van der Waals surface area (Å²) in [4.78, 5) is 8.26. The Labute approximate surface area is 141 Å². The van der Waals surface area contributed by atoms with Crippen LogP contribution >= 0.6 is 22.9 Å². The van der Waals surface area contributed by atoms with Gasteiger partial charge in [0.25, 0.3) is 5.92 Å². The van der Waals surface area contributed by atoms with Gasteiger partial charge in [-0.1, -0.05) is 41.1 Å². The van der Waals surface area contributed by atoms with Crippen LogP contribution in [0.3, 0.4) is 0 Å². The SMILES string of the molecule is CC(F)(F)c1nc(-c2cccc(Cl)c2)c(Nc2ccccn2)s1. The van der Waals surface area contributed by atoms with E-state index in [9.17, 15) is 8.78 Å². The molecular formula is C16H12ClF2N3S. The summed E-state index contributed by atoms with van der Waals surface area (Å²) in [5.41, 5.74) is 1.10. The summed E-state index contributed by atoms with van der Waals surface area (Å²) in [6.07, 6.45) is 1.62. The molecule has 7 heteroatoms. The van der Waals surface area contributed by atoms with E-state index in [4.69, 9.17) is 11.6 Å². The predicted octanol–water partition coefficient (Wildman–Crippen LogP) is 5.71. The van der Waals surface area contributed by atoms with Gasteiger partial charge in [0.1, 0.15) is 16.5 Å². The first-order valence-electron chi connectivity index (χ1n) is 6.76. The minimum atomic E-state index is -3.01. The van der Waals surface area contributed by atoms with Crippen molar-refractivity contribution in [3.8, 4) is 11.3 Å². The quantitative estimate of drug-likeness (QED) is 0.653. The first-order chi connectivity index (χ1) is 10.9. The molecule has 2 heterocycles. The molecule has 0 spiro atoms. The van der Waals surface area contributed by atoms with E-state index in [2.05, 4.69) is 15.3 Å². The van der Waals surface area contributed by atoms with Crippen molar-refractivity contribution in [1.82, 2.24) is 9.97 Å². The third-order valence-electron chi connectivity index (χ3n) is 3.01. The zero-order valence-corrected chi connectivity index (χ0v) is 13.6. The molecule has 3 aromatic rings. The number of thiazole rings is 1. The van der Waals surface area contributed by atoms with Gasteiger partial charge in [0.05, 0.1) is 0 Å². The molecule has 0 radical (unpaired) electrons. The second kappa shape index (κ2) is 6.22. The molecule has 3 nitrogen and oxygen atoms in total. The van der Waals surface area contributed by atoms with E-state index in [1.165, 1.54) is 0 Å². The van der Waals surface area contributed by atoms with Crippen LogP contribution in [0.2, 0.25) is 5.02 Å². The molecule has 1 N–H and O–H groups in total. The molecular weight excluding hydrogens is 340 g/mol. The maximum atomic E-state index is 13.7. The van der Waals surface area contributed by atoms with E-state index in [1.807, 2.05) is 6.07 Å². The van der Waals surface area contributed by atoms with E-state index in [1.54, 1.807) is 42.6 Å². The molecule has 118 valence electrons. The van der Waals surface area contributed by atoms with Crippen LogP contribution in [0.4, 0.5) is 19.6 Å². The fourth-order valence-corrected chi connectivity index (χ4v) is 3.09. The van der Waals surface area contributed by atoms with Gasteiger partial charge in [-0.3, -0.25) is 0 Å². The highest BCUT2D eigenvalue weighted by molar-refractivity contribution is 7.16. The van der Waals surface area contributed by atoms with Crippen molar-refractivity contribution in [1.29, 1.82) is 0 Å². The van der Waals surface area contributed by atoms with Crippen molar-refractivity contribution in [2.45, 2.75) is 12.8 Å². The van der Waals surface area contributed by atoms with E-state index in [0.717, 1.165) is 18.3 Å². The number of pyridine rings is 1. The minimum Gasteiger partial charge on any atom is -0.330 e. The van der Waals surface area contributed by atoms with Gasteiger partial charge >= 0.3 is 0 Å². The monoisotopic (exact) mass is 351 g/mol. The van der Waals surface area contributed by atoms with Crippen molar-refractivity contribution < 1.29 is 8.78 Å². The number of hydrogen-bond acceptors (Lipinski definition) is 4. The zero-order chi connectivity index (χ0) is 16.4. The second-order valence-corrected chi connectivity index (χ2v) is 6.37. The molecule has 3 rings (SSSR count). The van der Waals surface area contributed by atoms with Crippen molar-refractivity contribution in [3.05, 3.63) is 58.7 Å². The van der Waals surface area contributed by atoms with Crippen LogP contribution in [0.25, 0.3) is 11.3 Å². The molecule has 0 fully saturated rings. The molecule has 0 aliphatic rings. The van der Waals surface area contributed by atoms with Crippen molar-refractivity contribution in [2.24, 2.45) is 0 Å². The Morgan fingerprint density at radius 1 is 1.17 bits per heavy atom. The number of nitrogens with one attached hydrogen (secondary N) is 1. The molecule has 0 amide bonds. The Bertz CT molecular complexity index is 816. The summed E-state index contributed by atoms with van der Waals surface area (Å²) in [7, 11) is 0. The van der Waals surface area contributed by atoms with E-state index >= 15 is 0 Å². The van der Waals surface area contributed by atoms with Gasteiger partial charge in [0.2, 0.25) is 0 Å². The van der Waals surface area contributed by atoms with Crippen LogP contribution in [0.1, 0.15) is 11.9 Å². The van der Waals surface area contributed by atoms with Gasteiger partial charge in [0.15, 0.2) is 5.01 Å². The Kier molecular flexibility index (Phi) is 4.28. The number of alkyl halides is 2. The largest absolute Gasteiger partial charge is 0.330 e. The van der Waals surface area contributed by atoms with Gasteiger partial charge in [-0.05, 0) is 24.3 Å². The summed E-state index contributed by atoms with van der Waals surface area (Å²) >= 11 is 6.91. The van der Waals surface area contributed by atoms with Crippen LogP contribution in [0, 0.1) is 0 Å². The van der Waals surface area contributed by atoms with Gasteiger partial charge in [-0.25, -0.2) is 9.97 Å². The lowest BCUT2D eigenvalue weighted by Crippen LogP contribution is -2.05. The minimum absolute atomic E-state index is 0.258. The number of aromatic nitrogens is 2. The van der Waals surface area contributed by atoms with Crippen LogP contribution in [-0.2, 0) is 5.92 Å². The molecule has 23 heavy (non-hydrogen) atoms. The third kappa shape index (κ3) is 3.65. The highest BCUT2D eigenvalue weighted by Gasteiger charge is 2.31. The van der Waals surface area contributed by atoms with Crippen LogP contribution in [-0.4, -0.2) is 9.97 Å². The predicted molar refractivity (Wildman–Crippen MR) is 89.6 cm³/mol. The zero-order valence-electron chi connectivity index (χ0n) is 12.1. The number of rotatable bonds is 4. The number of halogens is 3. The Morgan fingerprint density at radius 3 is 2.65 bits per heavy atom. The maximum Gasteiger partial charge on any atom is 0.296 e. The highest BCUT2D eigenvalue weighted by Crippen LogP contribution is 2.41. The fourth-order valence-electron chi connectivity index (χ4n) is 1.98. The lowest BCUT2D eigenvalue weighted by Gasteiger charge is -2.05. The molecule has 0 aliphatic carbocycles. The Hall–Kier alpha value is -2.05. The number of nitrogens with zero attached hydrogens (tertiary/aromatic N) is 2. The number of hydrogen-bond donors (Lipinski definition) is 1. The van der Waals surface area contributed by atoms with Crippen molar-refractivity contribution in [2.75, 3.05) is 5.32 Å². The number of anilines is 2. The number of benzene rings is 1. The lowest BCUT2D eigenvalue weighted by molar-refractivity contribution is 0.0173. The Morgan fingerprint density at radius 2 is 2.00 bits per heavy atom. The van der Waals surface area contributed by atoms with Gasteiger partial charge in [0, 0.05) is 23.7 Å². The third-order valence-corrected chi connectivity index (χ3v) is 4.38. The summed E-state index contributed by atoms with van der Waals surface area (Å²) in [5, 5.41) is 3.81. The van der Waals surface area contributed by atoms with Gasteiger partial charge in [-0.2, -0.15) is 8.78 Å². The molecule has 0 unspecified atom stereocenters. The fraction of sp³-hybridized carbons (Fsp3) is 0.125. The summed E-state index contributed by atoms with van der Waals surface area (Å²) < 4.78 is 27.3. The Balaban J connectivity index is 2.08.